The number of likely N-dealkylation sites (tertiary alicyclic amines) is 1. The Labute approximate surface area is 110 Å². The third-order valence-corrected chi connectivity index (χ3v) is 3.99. The van der Waals surface area contributed by atoms with Gasteiger partial charge in [-0.2, -0.15) is 0 Å². The molecule has 104 valence electrons. The standard InChI is InChI=1S/C14H17F2NO2/c1-9(10-6-11(15)8-12(16)7-10)17-5-3-4-14(17,2)13(18)19/h6-9H,3-5H2,1-2H3,(H,18,19). The van der Waals surface area contributed by atoms with Crippen molar-refractivity contribution >= 4 is 5.97 Å². The summed E-state index contributed by atoms with van der Waals surface area (Å²) in [7, 11) is 0. The zero-order valence-corrected chi connectivity index (χ0v) is 11.0. The van der Waals surface area contributed by atoms with E-state index in [4.69, 9.17) is 0 Å². The van der Waals surface area contributed by atoms with Crippen LogP contribution in [0.5, 0.6) is 0 Å². The minimum absolute atomic E-state index is 0.339. The summed E-state index contributed by atoms with van der Waals surface area (Å²) in [6.45, 7) is 4.05. The molecule has 0 bridgehead atoms. The molecule has 0 radical (unpaired) electrons. The van der Waals surface area contributed by atoms with Crippen LogP contribution in [0.4, 0.5) is 8.78 Å². The van der Waals surface area contributed by atoms with Gasteiger partial charge in [-0.05, 0) is 50.9 Å². The topological polar surface area (TPSA) is 40.5 Å². The predicted molar refractivity (Wildman–Crippen MR) is 66.8 cm³/mol. The van der Waals surface area contributed by atoms with Crippen molar-refractivity contribution in [3.05, 3.63) is 35.4 Å². The SMILES string of the molecule is CC(c1cc(F)cc(F)c1)N1CCCC1(C)C(=O)O. The van der Waals surface area contributed by atoms with E-state index in [-0.39, 0.29) is 6.04 Å². The van der Waals surface area contributed by atoms with Crippen LogP contribution in [0.2, 0.25) is 0 Å². The highest BCUT2D eigenvalue weighted by molar-refractivity contribution is 5.78. The van der Waals surface area contributed by atoms with Gasteiger partial charge in [-0.3, -0.25) is 9.69 Å². The molecule has 0 spiro atoms. The first kappa shape index (κ1) is 13.9. The fraction of sp³-hybridized carbons (Fsp3) is 0.500. The lowest BCUT2D eigenvalue weighted by Gasteiger charge is -2.36. The van der Waals surface area contributed by atoms with Crippen molar-refractivity contribution in [2.75, 3.05) is 6.54 Å². The summed E-state index contributed by atoms with van der Waals surface area (Å²) in [5.41, 5.74) is -0.505. The number of rotatable bonds is 3. The summed E-state index contributed by atoms with van der Waals surface area (Å²) >= 11 is 0. The van der Waals surface area contributed by atoms with Crippen molar-refractivity contribution in [3.8, 4) is 0 Å². The number of nitrogens with zero attached hydrogens (tertiary/aromatic N) is 1. The normalized spacial score (nSPS) is 25.5. The molecule has 1 aliphatic heterocycles. The summed E-state index contributed by atoms with van der Waals surface area (Å²) in [6.07, 6.45) is 1.31. The average Bonchev–Trinajstić information content (AvgIpc) is 2.70. The Morgan fingerprint density at radius 3 is 2.47 bits per heavy atom. The van der Waals surface area contributed by atoms with E-state index in [0.717, 1.165) is 12.5 Å². The maximum atomic E-state index is 13.3. The van der Waals surface area contributed by atoms with E-state index in [1.807, 2.05) is 0 Å². The maximum Gasteiger partial charge on any atom is 0.323 e. The molecule has 2 atom stereocenters. The van der Waals surface area contributed by atoms with Gasteiger partial charge >= 0.3 is 5.97 Å². The van der Waals surface area contributed by atoms with Gasteiger partial charge in [0.15, 0.2) is 0 Å². The molecule has 1 fully saturated rings. The Hall–Kier alpha value is -1.49. The highest BCUT2D eigenvalue weighted by Gasteiger charge is 2.45. The second-order valence-electron chi connectivity index (χ2n) is 5.25. The van der Waals surface area contributed by atoms with Crippen molar-refractivity contribution < 1.29 is 18.7 Å². The van der Waals surface area contributed by atoms with E-state index in [9.17, 15) is 18.7 Å². The molecule has 2 unspecified atom stereocenters. The Balaban J connectivity index is 2.33. The molecule has 1 aromatic carbocycles. The first-order valence-corrected chi connectivity index (χ1v) is 6.31. The van der Waals surface area contributed by atoms with Gasteiger partial charge in [0.1, 0.15) is 17.2 Å². The number of hydrogen-bond acceptors (Lipinski definition) is 2. The summed E-state index contributed by atoms with van der Waals surface area (Å²) < 4.78 is 26.5. The number of benzene rings is 1. The molecule has 3 nitrogen and oxygen atoms in total. The summed E-state index contributed by atoms with van der Waals surface area (Å²) in [4.78, 5) is 13.2. The molecule has 0 aromatic heterocycles. The minimum atomic E-state index is -0.970. The third-order valence-electron chi connectivity index (χ3n) is 3.99. The van der Waals surface area contributed by atoms with Crippen LogP contribution in [-0.2, 0) is 4.79 Å². The van der Waals surface area contributed by atoms with Gasteiger partial charge in [0.25, 0.3) is 0 Å². The van der Waals surface area contributed by atoms with Crippen LogP contribution in [0.15, 0.2) is 18.2 Å². The molecule has 2 rings (SSSR count). The second-order valence-corrected chi connectivity index (χ2v) is 5.25. The van der Waals surface area contributed by atoms with E-state index < -0.39 is 23.1 Å². The molecule has 0 amide bonds. The minimum Gasteiger partial charge on any atom is -0.480 e. The molecule has 19 heavy (non-hydrogen) atoms. The lowest BCUT2D eigenvalue weighted by Crippen LogP contribution is -2.48. The lowest BCUT2D eigenvalue weighted by atomic mass is 9.96. The lowest BCUT2D eigenvalue weighted by molar-refractivity contribution is -0.149. The van der Waals surface area contributed by atoms with Gasteiger partial charge in [0, 0.05) is 12.1 Å². The van der Waals surface area contributed by atoms with Crippen LogP contribution >= 0.6 is 0 Å². The van der Waals surface area contributed by atoms with E-state index in [2.05, 4.69) is 0 Å². The van der Waals surface area contributed by atoms with Crippen molar-refractivity contribution in [2.45, 2.75) is 38.3 Å². The Morgan fingerprint density at radius 2 is 1.95 bits per heavy atom. The van der Waals surface area contributed by atoms with Gasteiger partial charge in [0.05, 0.1) is 0 Å². The molecular weight excluding hydrogens is 252 g/mol. The second kappa shape index (κ2) is 4.89. The van der Waals surface area contributed by atoms with E-state index in [1.165, 1.54) is 12.1 Å². The number of carbonyl (C=O) groups is 1. The molecule has 1 heterocycles. The van der Waals surface area contributed by atoms with Crippen LogP contribution < -0.4 is 0 Å². The highest BCUT2D eigenvalue weighted by atomic mass is 19.1. The molecule has 1 saturated heterocycles. The number of halogens is 2. The average molecular weight is 269 g/mol. The first-order chi connectivity index (χ1) is 8.84. The van der Waals surface area contributed by atoms with E-state index in [1.54, 1.807) is 18.7 Å². The highest BCUT2D eigenvalue weighted by Crippen LogP contribution is 2.37. The molecule has 1 aliphatic rings. The summed E-state index contributed by atoms with van der Waals surface area (Å²) in [5, 5.41) is 9.36. The van der Waals surface area contributed by atoms with Crippen molar-refractivity contribution in [1.29, 1.82) is 0 Å². The third kappa shape index (κ3) is 2.47. The van der Waals surface area contributed by atoms with Crippen molar-refractivity contribution in [1.82, 2.24) is 4.90 Å². The van der Waals surface area contributed by atoms with E-state index in [0.29, 0.717) is 18.5 Å². The number of carboxylic acids is 1. The smallest absolute Gasteiger partial charge is 0.323 e. The van der Waals surface area contributed by atoms with Gasteiger partial charge in [-0.1, -0.05) is 0 Å². The Bertz CT molecular complexity index is 486. The van der Waals surface area contributed by atoms with Crippen LogP contribution in [0, 0.1) is 11.6 Å². The van der Waals surface area contributed by atoms with Crippen LogP contribution in [-0.4, -0.2) is 28.1 Å². The summed E-state index contributed by atoms with van der Waals surface area (Å²) in [6, 6.07) is 2.99. The zero-order chi connectivity index (χ0) is 14.2. The van der Waals surface area contributed by atoms with Crippen LogP contribution in [0.3, 0.4) is 0 Å². The van der Waals surface area contributed by atoms with E-state index >= 15 is 0 Å². The maximum absolute atomic E-state index is 13.3. The quantitative estimate of drug-likeness (QED) is 0.917. The zero-order valence-electron chi connectivity index (χ0n) is 11.0. The number of carboxylic acid groups (broad SMARTS) is 1. The Morgan fingerprint density at radius 1 is 1.37 bits per heavy atom. The van der Waals surface area contributed by atoms with Crippen LogP contribution in [0.25, 0.3) is 0 Å². The monoisotopic (exact) mass is 269 g/mol. The Kier molecular flexibility index (Phi) is 3.58. The van der Waals surface area contributed by atoms with Gasteiger partial charge < -0.3 is 5.11 Å². The fourth-order valence-electron chi connectivity index (χ4n) is 2.83. The number of hydrogen-bond donors (Lipinski definition) is 1. The van der Waals surface area contributed by atoms with Gasteiger partial charge in [0.2, 0.25) is 0 Å². The molecule has 1 aromatic rings. The number of aliphatic carboxylic acids is 1. The molecule has 0 aliphatic carbocycles. The largest absolute Gasteiger partial charge is 0.480 e. The molecular formula is C14H17F2NO2. The molecule has 1 N–H and O–H groups in total. The summed E-state index contributed by atoms with van der Waals surface area (Å²) in [5.74, 6) is -2.18. The van der Waals surface area contributed by atoms with Crippen molar-refractivity contribution in [3.63, 3.8) is 0 Å². The van der Waals surface area contributed by atoms with Gasteiger partial charge in [-0.15, -0.1) is 0 Å². The van der Waals surface area contributed by atoms with Crippen molar-refractivity contribution in [2.24, 2.45) is 0 Å². The predicted octanol–water partition coefficient (Wildman–Crippen LogP) is 2.96. The molecule has 5 heteroatoms. The fourth-order valence-corrected chi connectivity index (χ4v) is 2.83. The van der Waals surface area contributed by atoms with Gasteiger partial charge in [-0.25, -0.2) is 8.78 Å². The molecule has 0 saturated carbocycles. The first-order valence-electron chi connectivity index (χ1n) is 6.31. The van der Waals surface area contributed by atoms with Crippen LogP contribution in [0.1, 0.15) is 38.3 Å².